The molecule has 0 saturated carbocycles. The molecule has 19 heavy (non-hydrogen) atoms. The Balaban J connectivity index is 2.42. The molecule has 6 nitrogen and oxygen atoms in total. The third-order valence-corrected chi connectivity index (χ3v) is 3.29. The average Bonchev–Trinajstić information content (AvgIpc) is 2.36. The van der Waals surface area contributed by atoms with Gasteiger partial charge in [0.1, 0.15) is 0 Å². The standard InChI is InChI=1S/C12H17N3O3S/c1-2-8-14-12(16)15-9-7-10-3-5-11(6-4-10)19(13,17)18/h2-6H,1,7-9H2,(H2,13,17,18)(H2,14,15,16). The number of sulfonamides is 1. The molecule has 0 radical (unpaired) electrons. The Hall–Kier alpha value is -1.86. The summed E-state index contributed by atoms with van der Waals surface area (Å²) in [5, 5.41) is 10.2. The lowest BCUT2D eigenvalue weighted by atomic mass is 10.1. The van der Waals surface area contributed by atoms with E-state index in [0.29, 0.717) is 19.5 Å². The number of hydrogen-bond donors (Lipinski definition) is 3. The molecular weight excluding hydrogens is 266 g/mol. The molecule has 1 aromatic rings. The molecule has 0 atom stereocenters. The fourth-order valence-electron chi connectivity index (χ4n) is 1.39. The van der Waals surface area contributed by atoms with Crippen LogP contribution in [0.1, 0.15) is 5.56 Å². The van der Waals surface area contributed by atoms with Crippen molar-refractivity contribution >= 4 is 16.1 Å². The van der Waals surface area contributed by atoms with Gasteiger partial charge < -0.3 is 10.6 Å². The van der Waals surface area contributed by atoms with Crippen LogP contribution in [-0.4, -0.2) is 27.5 Å². The highest BCUT2D eigenvalue weighted by atomic mass is 32.2. The first-order chi connectivity index (χ1) is 8.93. The van der Waals surface area contributed by atoms with E-state index in [1.54, 1.807) is 18.2 Å². The minimum Gasteiger partial charge on any atom is -0.338 e. The summed E-state index contributed by atoms with van der Waals surface area (Å²) in [7, 11) is -3.65. The van der Waals surface area contributed by atoms with Crippen molar-refractivity contribution < 1.29 is 13.2 Å². The van der Waals surface area contributed by atoms with Gasteiger partial charge in [0.2, 0.25) is 10.0 Å². The fraction of sp³-hybridized carbons (Fsp3) is 0.250. The summed E-state index contributed by atoms with van der Waals surface area (Å²) in [5.74, 6) is 0. The number of nitrogens with one attached hydrogen (secondary N) is 2. The van der Waals surface area contributed by atoms with Gasteiger partial charge in [0.05, 0.1) is 4.90 Å². The van der Waals surface area contributed by atoms with Gasteiger partial charge in [0.25, 0.3) is 0 Å². The number of amides is 2. The zero-order chi connectivity index (χ0) is 14.3. The summed E-state index contributed by atoms with van der Waals surface area (Å²) in [6.07, 6.45) is 2.19. The number of benzene rings is 1. The molecule has 0 fully saturated rings. The van der Waals surface area contributed by atoms with Gasteiger partial charge in [-0.05, 0) is 24.1 Å². The summed E-state index contributed by atoms with van der Waals surface area (Å²) in [4.78, 5) is 11.3. The number of carbonyl (C=O) groups excluding carboxylic acids is 1. The van der Waals surface area contributed by atoms with Gasteiger partial charge >= 0.3 is 6.03 Å². The average molecular weight is 283 g/mol. The molecule has 4 N–H and O–H groups in total. The van der Waals surface area contributed by atoms with E-state index in [9.17, 15) is 13.2 Å². The molecular formula is C12H17N3O3S. The predicted octanol–water partition coefficient (Wildman–Crippen LogP) is 0.362. The molecule has 2 amide bonds. The lowest BCUT2D eigenvalue weighted by molar-refractivity contribution is 0.242. The van der Waals surface area contributed by atoms with Crippen LogP contribution in [0.3, 0.4) is 0 Å². The van der Waals surface area contributed by atoms with E-state index in [1.165, 1.54) is 12.1 Å². The molecule has 0 aliphatic carbocycles. The second kappa shape index (κ2) is 6.91. The fourth-order valence-corrected chi connectivity index (χ4v) is 1.91. The zero-order valence-corrected chi connectivity index (χ0v) is 11.2. The Morgan fingerprint density at radius 3 is 2.42 bits per heavy atom. The molecule has 0 bridgehead atoms. The lowest BCUT2D eigenvalue weighted by Gasteiger charge is -2.06. The first-order valence-electron chi connectivity index (χ1n) is 5.68. The van der Waals surface area contributed by atoms with Crippen LogP contribution < -0.4 is 15.8 Å². The highest BCUT2D eigenvalue weighted by molar-refractivity contribution is 7.89. The maximum Gasteiger partial charge on any atom is 0.315 e. The summed E-state index contributed by atoms with van der Waals surface area (Å²) < 4.78 is 22.1. The Morgan fingerprint density at radius 1 is 1.26 bits per heavy atom. The number of rotatable bonds is 6. The quantitative estimate of drug-likeness (QED) is 0.657. The maximum absolute atomic E-state index is 11.2. The number of hydrogen-bond acceptors (Lipinski definition) is 3. The highest BCUT2D eigenvalue weighted by Gasteiger charge is 2.06. The van der Waals surface area contributed by atoms with Gasteiger partial charge in [-0.15, -0.1) is 6.58 Å². The van der Waals surface area contributed by atoms with Crippen LogP contribution in [0, 0.1) is 0 Å². The molecule has 0 saturated heterocycles. The molecule has 7 heteroatoms. The van der Waals surface area contributed by atoms with E-state index in [0.717, 1.165) is 5.56 Å². The van der Waals surface area contributed by atoms with Gasteiger partial charge in [0, 0.05) is 13.1 Å². The molecule has 0 heterocycles. The van der Waals surface area contributed by atoms with Crippen molar-refractivity contribution in [3.8, 4) is 0 Å². The third-order valence-electron chi connectivity index (χ3n) is 2.36. The molecule has 1 aromatic carbocycles. The van der Waals surface area contributed by atoms with Crippen LogP contribution in [0.15, 0.2) is 41.8 Å². The number of carbonyl (C=O) groups is 1. The first kappa shape index (κ1) is 15.2. The van der Waals surface area contributed by atoms with Crippen molar-refractivity contribution in [1.82, 2.24) is 10.6 Å². The Morgan fingerprint density at radius 2 is 1.89 bits per heavy atom. The Bertz CT molecular complexity index is 538. The smallest absolute Gasteiger partial charge is 0.315 e. The molecule has 0 unspecified atom stereocenters. The van der Waals surface area contributed by atoms with Crippen molar-refractivity contribution in [2.24, 2.45) is 5.14 Å². The topological polar surface area (TPSA) is 101 Å². The SMILES string of the molecule is C=CCNC(=O)NCCc1ccc(S(N)(=O)=O)cc1. The second-order valence-electron chi connectivity index (χ2n) is 3.86. The predicted molar refractivity (Wildman–Crippen MR) is 73.1 cm³/mol. The minimum absolute atomic E-state index is 0.0768. The Labute approximate surface area is 112 Å². The maximum atomic E-state index is 11.2. The minimum atomic E-state index is -3.65. The van der Waals surface area contributed by atoms with E-state index in [-0.39, 0.29) is 10.9 Å². The molecule has 0 aliphatic heterocycles. The van der Waals surface area contributed by atoms with Crippen LogP contribution in [0.4, 0.5) is 4.79 Å². The largest absolute Gasteiger partial charge is 0.338 e. The highest BCUT2D eigenvalue weighted by Crippen LogP contribution is 2.08. The van der Waals surface area contributed by atoms with Gasteiger partial charge in [-0.3, -0.25) is 0 Å². The van der Waals surface area contributed by atoms with Crippen LogP contribution in [0.2, 0.25) is 0 Å². The third kappa shape index (κ3) is 5.54. The molecule has 0 aliphatic rings. The van der Waals surface area contributed by atoms with E-state index in [4.69, 9.17) is 5.14 Å². The van der Waals surface area contributed by atoms with Gasteiger partial charge in [-0.1, -0.05) is 18.2 Å². The summed E-state index contributed by atoms with van der Waals surface area (Å²) in [5.41, 5.74) is 0.913. The van der Waals surface area contributed by atoms with E-state index < -0.39 is 10.0 Å². The summed E-state index contributed by atoms with van der Waals surface area (Å²) in [6, 6.07) is 5.97. The lowest BCUT2D eigenvalue weighted by Crippen LogP contribution is -2.36. The van der Waals surface area contributed by atoms with Crippen molar-refractivity contribution in [2.75, 3.05) is 13.1 Å². The van der Waals surface area contributed by atoms with Crippen molar-refractivity contribution in [3.05, 3.63) is 42.5 Å². The Kier molecular flexibility index (Phi) is 5.53. The van der Waals surface area contributed by atoms with Crippen LogP contribution >= 0.6 is 0 Å². The molecule has 0 aromatic heterocycles. The summed E-state index contributed by atoms with van der Waals surface area (Å²) in [6.45, 7) is 4.35. The van der Waals surface area contributed by atoms with E-state index in [1.807, 2.05) is 0 Å². The van der Waals surface area contributed by atoms with E-state index >= 15 is 0 Å². The van der Waals surface area contributed by atoms with Crippen molar-refractivity contribution in [1.29, 1.82) is 0 Å². The zero-order valence-electron chi connectivity index (χ0n) is 10.4. The molecule has 1 rings (SSSR count). The van der Waals surface area contributed by atoms with Gasteiger partial charge in [0.15, 0.2) is 0 Å². The van der Waals surface area contributed by atoms with Gasteiger partial charge in [-0.25, -0.2) is 18.4 Å². The number of nitrogens with two attached hydrogens (primary N) is 1. The van der Waals surface area contributed by atoms with Crippen LogP contribution in [0.5, 0.6) is 0 Å². The van der Waals surface area contributed by atoms with Crippen molar-refractivity contribution in [2.45, 2.75) is 11.3 Å². The van der Waals surface area contributed by atoms with Gasteiger partial charge in [-0.2, -0.15) is 0 Å². The van der Waals surface area contributed by atoms with E-state index in [2.05, 4.69) is 17.2 Å². The number of primary sulfonamides is 1. The summed E-state index contributed by atoms with van der Waals surface area (Å²) >= 11 is 0. The molecule has 0 spiro atoms. The van der Waals surface area contributed by atoms with Crippen LogP contribution in [0.25, 0.3) is 0 Å². The number of urea groups is 1. The monoisotopic (exact) mass is 283 g/mol. The normalized spacial score (nSPS) is 10.8. The van der Waals surface area contributed by atoms with Crippen LogP contribution in [-0.2, 0) is 16.4 Å². The molecule has 104 valence electrons. The first-order valence-corrected chi connectivity index (χ1v) is 7.22. The van der Waals surface area contributed by atoms with Crippen molar-refractivity contribution in [3.63, 3.8) is 0 Å². The second-order valence-corrected chi connectivity index (χ2v) is 5.43.